The van der Waals surface area contributed by atoms with E-state index in [1.165, 1.54) is 0 Å². The topological polar surface area (TPSA) is 70.1 Å². The van der Waals surface area contributed by atoms with Crippen molar-refractivity contribution in [3.05, 3.63) is 34.2 Å². The maximum absolute atomic E-state index is 12.6. The number of hydrogen-bond donors (Lipinski definition) is 2. The molecule has 0 spiro atoms. The van der Waals surface area contributed by atoms with E-state index < -0.39 is 6.43 Å². The molecule has 2 aromatic rings. The van der Waals surface area contributed by atoms with Gasteiger partial charge in [0.1, 0.15) is 0 Å². The van der Waals surface area contributed by atoms with E-state index in [0.717, 1.165) is 23.9 Å². The Labute approximate surface area is 149 Å². The lowest BCUT2D eigenvalue weighted by atomic mass is 10.0. The number of carbonyl (C=O) groups excluding carboxylic acids is 1. The fraction of sp³-hybridized carbons (Fsp3) is 0.556. The van der Waals surface area contributed by atoms with Crippen molar-refractivity contribution in [2.75, 3.05) is 19.6 Å². The van der Waals surface area contributed by atoms with Gasteiger partial charge in [-0.3, -0.25) is 14.3 Å². The van der Waals surface area contributed by atoms with E-state index in [1.807, 2.05) is 0 Å². The van der Waals surface area contributed by atoms with Crippen LogP contribution in [0.15, 0.2) is 23.0 Å². The van der Waals surface area contributed by atoms with Gasteiger partial charge in [-0.15, -0.1) is 0 Å². The summed E-state index contributed by atoms with van der Waals surface area (Å²) < 4.78 is 26.6. The van der Waals surface area contributed by atoms with E-state index in [1.54, 1.807) is 27.7 Å². The summed E-state index contributed by atoms with van der Waals surface area (Å²) in [5.74, 6) is -0.185. The smallest absolute Gasteiger partial charge is 0.326 e. The van der Waals surface area contributed by atoms with Crippen LogP contribution in [0.4, 0.5) is 8.78 Å². The van der Waals surface area contributed by atoms with Crippen molar-refractivity contribution >= 4 is 16.9 Å². The highest BCUT2D eigenvalue weighted by Crippen LogP contribution is 2.35. The molecule has 8 heteroatoms. The molecule has 140 valence electrons. The van der Waals surface area contributed by atoms with Gasteiger partial charge in [-0.2, -0.15) is 0 Å². The third kappa shape index (κ3) is 3.51. The first-order valence-corrected chi connectivity index (χ1v) is 9.07. The van der Waals surface area contributed by atoms with E-state index in [4.69, 9.17) is 0 Å². The van der Waals surface area contributed by atoms with Gasteiger partial charge < -0.3 is 10.3 Å². The van der Waals surface area contributed by atoms with Gasteiger partial charge in [0.05, 0.1) is 17.6 Å². The number of aromatic amines is 1. The Balaban J connectivity index is 1.44. The number of fused-ring (bicyclic) bond motifs is 1. The van der Waals surface area contributed by atoms with Crippen LogP contribution in [0, 0.1) is 0 Å². The van der Waals surface area contributed by atoms with Crippen LogP contribution in [0.3, 0.4) is 0 Å². The first-order chi connectivity index (χ1) is 12.5. The van der Waals surface area contributed by atoms with Crippen molar-refractivity contribution in [2.45, 2.75) is 44.2 Å². The summed E-state index contributed by atoms with van der Waals surface area (Å²) in [6, 6.07) is 5.44. The third-order valence-corrected chi connectivity index (χ3v) is 5.21. The fourth-order valence-corrected chi connectivity index (χ4v) is 3.68. The lowest BCUT2D eigenvalue weighted by molar-refractivity contribution is 0.0696. The third-order valence-electron chi connectivity index (χ3n) is 5.21. The monoisotopic (exact) mass is 364 g/mol. The van der Waals surface area contributed by atoms with Crippen LogP contribution in [-0.4, -0.2) is 52.5 Å². The molecule has 1 aromatic carbocycles. The minimum atomic E-state index is -2.32. The van der Waals surface area contributed by atoms with Gasteiger partial charge in [0.2, 0.25) is 0 Å². The summed E-state index contributed by atoms with van der Waals surface area (Å²) in [5, 5.41) is 2.99. The number of aromatic nitrogens is 2. The molecule has 1 aliphatic carbocycles. The first-order valence-electron chi connectivity index (χ1n) is 9.07. The van der Waals surface area contributed by atoms with E-state index in [2.05, 4.69) is 10.3 Å². The zero-order chi connectivity index (χ0) is 18.3. The Morgan fingerprint density at radius 1 is 1.23 bits per heavy atom. The number of carbonyl (C=O) groups is 1. The summed E-state index contributed by atoms with van der Waals surface area (Å²) in [6.07, 6.45) is 0.981. The van der Waals surface area contributed by atoms with Gasteiger partial charge in [-0.25, -0.2) is 13.6 Å². The SMILES string of the molecule is O=C(NC1CCN(CC(F)F)CC1)c1ccc2[nH]c(=O)n(C3CC3)c2c1. The summed E-state index contributed by atoms with van der Waals surface area (Å²) in [5.41, 5.74) is 1.88. The summed E-state index contributed by atoms with van der Waals surface area (Å²) in [6.45, 7) is 0.921. The van der Waals surface area contributed by atoms with Gasteiger partial charge in [-0.05, 0) is 43.9 Å². The highest BCUT2D eigenvalue weighted by molar-refractivity contribution is 5.97. The van der Waals surface area contributed by atoms with E-state index in [9.17, 15) is 18.4 Å². The lowest BCUT2D eigenvalue weighted by Gasteiger charge is -2.32. The maximum Gasteiger partial charge on any atom is 0.326 e. The highest BCUT2D eigenvalue weighted by Gasteiger charge is 2.28. The van der Waals surface area contributed by atoms with Crippen LogP contribution < -0.4 is 11.0 Å². The van der Waals surface area contributed by atoms with Crippen LogP contribution in [0.2, 0.25) is 0 Å². The van der Waals surface area contributed by atoms with Crippen molar-refractivity contribution in [2.24, 2.45) is 0 Å². The van der Waals surface area contributed by atoms with Crippen molar-refractivity contribution in [3.63, 3.8) is 0 Å². The number of piperidine rings is 1. The van der Waals surface area contributed by atoms with Crippen LogP contribution in [0.25, 0.3) is 11.0 Å². The summed E-state index contributed by atoms with van der Waals surface area (Å²) in [7, 11) is 0. The summed E-state index contributed by atoms with van der Waals surface area (Å²) in [4.78, 5) is 29.2. The molecular formula is C18H22F2N4O2. The average molecular weight is 364 g/mol. The Hall–Kier alpha value is -2.22. The molecule has 4 rings (SSSR count). The second-order valence-electron chi connectivity index (χ2n) is 7.20. The van der Waals surface area contributed by atoms with Crippen LogP contribution >= 0.6 is 0 Å². The molecule has 0 unspecified atom stereocenters. The number of H-pyrrole nitrogens is 1. The molecule has 0 bridgehead atoms. The standard InChI is InChI=1S/C18H22F2N4O2/c19-16(20)10-23-7-5-12(6-8-23)21-17(25)11-1-4-14-15(9-11)24(13-2-3-13)18(26)22-14/h1,4,9,12-13,16H,2-3,5-8,10H2,(H,21,25)(H,22,26). The molecule has 2 heterocycles. The quantitative estimate of drug-likeness (QED) is 0.854. The number of imidazole rings is 1. The Bertz CT molecular complexity index is 864. The molecule has 1 aromatic heterocycles. The van der Waals surface area contributed by atoms with Crippen molar-refractivity contribution in [1.29, 1.82) is 0 Å². The summed E-state index contributed by atoms with van der Waals surface area (Å²) >= 11 is 0. The van der Waals surface area contributed by atoms with Crippen LogP contribution in [-0.2, 0) is 0 Å². The zero-order valence-electron chi connectivity index (χ0n) is 14.4. The molecule has 6 nitrogen and oxygen atoms in total. The number of halogens is 2. The zero-order valence-corrected chi connectivity index (χ0v) is 14.4. The highest BCUT2D eigenvalue weighted by atomic mass is 19.3. The van der Waals surface area contributed by atoms with Crippen LogP contribution in [0.1, 0.15) is 42.1 Å². The molecule has 1 amide bonds. The van der Waals surface area contributed by atoms with Gasteiger partial charge >= 0.3 is 5.69 Å². The number of likely N-dealkylation sites (tertiary alicyclic amines) is 1. The Kier molecular flexibility index (Phi) is 4.52. The fourth-order valence-electron chi connectivity index (χ4n) is 3.68. The van der Waals surface area contributed by atoms with Crippen molar-refractivity contribution in [3.8, 4) is 0 Å². The molecule has 1 aliphatic heterocycles. The van der Waals surface area contributed by atoms with Gasteiger partial charge in [0, 0.05) is 30.7 Å². The molecule has 2 N–H and O–H groups in total. The van der Waals surface area contributed by atoms with Gasteiger partial charge in [0.25, 0.3) is 12.3 Å². The minimum absolute atomic E-state index is 0.0102. The number of benzene rings is 1. The number of hydrogen-bond acceptors (Lipinski definition) is 3. The van der Waals surface area contributed by atoms with Gasteiger partial charge in [0.15, 0.2) is 0 Å². The normalized spacial score (nSPS) is 19.3. The largest absolute Gasteiger partial charge is 0.349 e. The van der Waals surface area contributed by atoms with Crippen molar-refractivity contribution in [1.82, 2.24) is 19.8 Å². The second kappa shape index (κ2) is 6.83. The minimum Gasteiger partial charge on any atom is -0.349 e. The second-order valence-corrected chi connectivity index (χ2v) is 7.20. The van der Waals surface area contributed by atoms with Crippen LogP contribution in [0.5, 0.6) is 0 Å². The predicted molar refractivity (Wildman–Crippen MR) is 93.8 cm³/mol. The molecule has 1 saturated heterocycles. The maximum atomic E-state index is 12.6. The Morgan fingerprint density at radius 2 is 1.96 bits per heavy atom. The first kappa shape index (κ1) is 17.2. The molecule has 2 aliphatic rings. The number of rotatable bonds is 5. The van der Waals surface area contributed by atoms with E-state index in [-0.39, 0.29) is 30.2 Å². The number of nitrogens with zero attached hydrogens (tertiary/aromatic N) is 2. The van der Waals surface area contributed by atoms with Gasteiger partial charge in [-0.1, -0.05) is 0 Å². The molecule has 0 radical (unpaired) electrons. The van der Waals surface area contributed by atoms with E-state index >= 15 is 0 Å². The Morgan fingerprint density at radius 3 is 2.62 bits per heavy atom. The molecule has 0 atom stereocenters. The molecular weight excluding hydrogens is 342 g/mol. The van der Waals surface area contributed by atoms with E-state index in [0.29, 0.717) is 31.5 Å². The predicted octanol–water partition coefficient (Wildman–Crippen LogP) is 2.12. The number of nitrogens with one attached hydrogen (secondary N) is 2. The molecule has 26 heavy (non-hydrogen) atoms. The number of alkyl halides is 2. The lowest BCUT2D eigenvalue weighted by Crippen LogP contribution is -2.45. The van der Waals surface area contributed by atoms with Crippen molar-refractivity contribution < 1.29 is 13.6 Å². The number of amides is 1. The average Bonchev–Trinajstić information content (AvgIpc) is 3.37. The molecule has 1 saturated carbocycles. The molecule has 2 fully saturated rings.